The van der Waals surface area contributed by atoms with Crippen LogP contribution in [0.4, 0.5) is 13.2 Å². The van der Waals surface area contributed by atoms with Gasteiger partial charge < -0.3 is 9.72 Å². The van der Waals surface area contributed by atoms with Gasteiger partial charge in [-0.3, -0.25) is 4.79 Å². The van der Waals surface area contributed by atoms with Crippen molar-refractivity contribution in [3.05, 3.63) is 75.1 Å². The molecule has 0 aliphatic carbocycles. The topological polar surface area (TPSA) is 79.5 Å². The first-order valence-electron chi connectivity index (χ1n) is 10.9. The molecule has 182 valence electrons. The van der Waals surface area contributed by atoms with Gasteiger partial charge in [-0.25, -0.2) is 8.42 Å². The monoisotopic (exact) mass is 494 g/mol. The fraction of sp³-hybridized carbons (Fsp3) is 0.375. The van der Waals surface area contributed by atoms with Gasteiger partial charge in [-0.15, -0.1) is 0 Å². The van der Waals surface area contributed by atoms with E-state index in [2.05, 4.69) is 4.98 Å². The fourth-order valence-electron chi connectivity index (χ4n) is 4.07. The van der Waals surface area contributed by atoms with E-state index in [1.54, 1.807) is 6.07 Å². The van der Waals surface area contributed by atoms with Crippen LogP contribution < -0.4 is 5.56 Å². The molecule has 10 heteroatoms. The Labute approximate surface area is 195 Å². The van der Waals surface area contributed by atoms with Gasteiger partial charge in [0.2, 0.25) is 10.0 Å². The van der Waals surface area contributed by atoms with Crippen LogP contribution in [0.2, 0.25) is 0 Å². The summed E-state index contributed by atoms with van der Waals surface area (Å²) in [6, 6.07) is 9.01. The lowest BCUT2D eigenvalue weighted by atomic mass is 10.0. The smallest absolute Gasteiger partial charge is 0.377 e. The molecule has 6 nitrogen and oxygen atoms in total. The van der Waals surface area contributed by atoms with E-state index in [-0.39, 0.29) is 18.7 Å². The Balaban J connectivity index is 1.75. The predicted molar refractivity (Wildman–Crippen MR) is 122 cm³/mol. The van der Waals surface area contributed by atoms with Gasteiger partial charge >= 0.3 is 6.18 Å². The molecule has 0 spiro atoms. The van der Waals surface area contributed by atoms with Crippen molar-refractivity contribution in [3.63, 3.8) is 0 Å². The van der Waals surface area contributed by atoms with E-state index in [1.807, 2.05) is 26.0 Å². The van der Waals surface area contributed by atoms with E-state index in [0.29, 0.717) is 24.6 Å². The van der Waals surface area contributed by atoms with Crippen molar-refractivity contribution in [1.29, 1.82) is 0 Å². The van der Waals surface area contributed by atoms with Crippen molar-refractivity contribution >= 4 is 20.9 Å². The number of sulfonamides is 1. The van der Waals surface area contributed by atoms with Crippen LogP contribution in [0.5, 0.6) is 0 Å². The van der Waals surface area contributed by atoms with Crippen LogP contribution in [0.1, 0.15) is 35.1 Å². The highest BCUT2D eigenvalue weighted by Gasteiger charge is 2.34. The third kappa shape index (κ3) is 5.03. The van der Waals surface area contributed by atoms with Gasteiger partial charge in [-0.2, -0.15) is 17.5 Å². The van der Waals surface area contributed by atoms with Crippen molar-refractivity contribution in [1.82, 2.24) is 9.29 Å². The molecule has 3 aromatic rings. The summed E-state index contributed by atoms with van der Waals surface area (Å²) < 4.78 is 73.2. The van der Waals surface area contributed by atoms with Crippen LogP contribution in [0.15, 0.2) is 52.2 Å². The highest BCUT2D eigenvalue weighted by Crippen LogP contribution is 2.32. The number of aromatic amines is 1. The van der Waals surface area contributed by atoms with Gasteiger partial charge in [-0.1, -0.05) is 6.07 Å². The molecule has 2 heterocycles. The van der Waals surface area contributed by atoms with Gasteiger partial charge in [0.1, 0.15) is 0 Å². The number of aryl methyl sites for hydroxylation is 2. The van der Waals surface area contributed by atoms with E-state index >= 15 is 0 Å². The van der Waals surface area contributed by atoms with Crippen molar-refractivity contribution < 1.29 is 26.3 Å². The maximum Gasteiger partial charge on any atom is 0.416 e. The molecule has 0 amide bonds. The lowest BCUT2D eigenvalue weighted by molar-refractivity contribution is -0.137. The number of rotatable bonds is 6. The Morgan fingerprint density at radius 2 is 1.85 bits per heavy atom. The van der Waals surface area contributed by atoms with E-state index in [4.69, 9.17) is 4.74 Å². The average Bonchev–Trinajstić information content (AvgIpc) is 3.28. The number of fused-ring (bicyclic) bond motifs is 1. The zero-order chi connectivity index (χ0) is 24.7. The first-order chi connectivity index (χ1) is 15.9. The minimum absolute atomic E-state index is 0.0665. The van der Waals surface area contributed by atoms with Gasteiger partial charge in [0.25, 0.3) is 5.56 Å². The maximum atomic E-state index is 13.5. The fourth-order valence-corrected chi connectivity index (χ4v) is 5.57. The largest absolute Gasteiger partial charge is 0.416 e. The van der Waals surface area contributed by atoms with E-state index < -0.39 is 38.3 Å². The molecule has 4 rings (SSSR count). The van der Waals surface area contributed by atoms with E-state index in [1.165, 1.54) is 0 Å². The maximum absolute atomic E-state index is 13.5. The first kappa shape index (κ1) is 24.4. The molecule has 1 N–H and O–H groups in total. The zero-order valence-corrected chi connectivity index (χ0v) is 19.6. The lowest BCUT2D eigenvalue weighted by Gasteiger charge is -2.25. The Morgan fingerprint density at radius 1 is 1.12 bits per heavy atom. The van der Waals surface area contributed by atoms with Crippen molar-refractivity contribution in [3.8, 4) is 0 Å². The molecule has 2 aromatic carbocycles. The average molecular weight is 495 g/mol. The normalized spacial score (nSPS) is 17.1. The van der Waals surface area contributed by atoms with Gasteiger partial charge in [0, 0.05) is 30.8 Å². The van der Waals surface area contributed by atoms with Crippen molar-refractivity contribution in [2.45, 2.75) is 50.4 Å². The number of aromatic nitrogens is 1. The molecule has 0 bridgehead atoms. The second-order valence-corrected chi connectivity index (χ2v) is 10.5. The van der Waals surface area contributed by atoms with Gasteiger partial charge in [-0.05, 0) is 79.6 Å². The van der Waals surface area contributed by atoms with Crippen LogP contribution in [0.3, 0.4) is 0 Å². The third-order valence-electron chi connectivity index (χ3n) is 6.11. The molecule has 1 aromatic heterocycles. The molecule has 0 radical (unpaired) electrons. The molecule has 0 saturated carbocycles. The molecular formula is C24H25F3N2O4S. The predicted octanol–water partition coefficient (Wildman–Crippen LogP) is 4.53. The number of halogens is 3. The molecule has 1 aliphatic rings. The van der Waals surface area contributed by atoms with Crippen molar-refractivity contribution in [2.24, 2.45) is 0 Å². The highest BCUT2D eigenvalue weighted by atomic mass is 32.2. The first-order valence-corrected chi connectivity index (χ1v) is 12.3. The van der Waals surface area contributed by atoms with Crippen LogP contribution in [0.25, 0.3) is 10.9 Å². The molecule has 1 fully saturated rings. The number of hydrogen-bond donors (Lipinski definition) is 1. The molecule has 1 atom stereocenters. The summed E-state index contributed by atoms with van der Waals surface area (Å²) in [5.74, 6) is 0. The summed E-state index contributed by atoms with van der Waals surface area (Å²) >= 11 is 0. The Bertz CT molecular complexity index is 1380. The third-order valence-corrected chi connectivity index (χ3v) is 7.92. The molecule has 1 saturated heterocycles. The highest BCUT2D eigenvalue weighted by molar-refractivity contribution is 7.89. The van der Waals surface area contributed by atoms with E-state index in [0.717, 1.165) is 45.4 Å². The SMILES string of the molecule is Cc1cc2cc(CN(C[C@@H]3CCCO3)S(=O)(=O)c3cccc(C(F)(F)F)c3)c(=O)[nH]c2cc1C. The quantitative estimate of drug-likeness (QED) is 0.546. The lowest BCUT2D eigenvalue weighted by Crippen LogP contribution is -2.38. The standard InChI is InChI=1S/C24H25F3N2O4S/c1-15-9-17-11-18(23(30)28-22(17)10-16(15)2)13-29(14-20-6-4-8-33-20)34(31,32)21-7-3-5-19(12-21)24(25,26)27/h3,5,7,9-12,20H,4,6,8,13-14H2,1-2H3,(H,28,30)/t20-/m0/s1. The minimum Gasteiger partial charge on any atom is -0.377 e. The van der Waals surface area contributed by atoms with Crippen molar-refractivity contribution in [2.75, 3.05) is 13.2 Å². The van der Waals surface area contributed by atoms with E-state index in [9.17, 15) is 26.4 Å². The number of nitrogens with zero attached hydrogens (tertiary/aromatic N) is 1. The number of H-pyrrole nitrogens is 1. The van der Waals surface area contributed by atoms with Crippen LogP contribution >= 0.6 is 0 Å². The van der Waals surface area contributed by atoms with Gasteiger partial charge in [0.05, 0.1) is 16.6 Å². The molecule has 1 aliphatic heterocycles. The zero-order valence-electron chi connectivity index (χ0n) is 18.8. The summed E-state index contributed by atoms with van der Waals surface area (Å²) in [5.41, 5.74) is 1.33. The Hall–Kier alpha value is -2.69. The molecule has 0 unspecified atom stereocenters. The van der Waals surface area contributed by atoms with Crippen LogP contribution in [-0.4, -0.2) is 37.0 Å². The van der Waals surface area contributed by atoms with Gasteiger partial charge in [0.15, 0.2) is 0 Å². The summed E-state index contributed by atoms with van der Waals surface area (Å²) in [5, 5.41) is 0.742. The van der Waals surface area contributed by atoms with Crippen LogP contribution in [0, 0.1) is 13.8 Å². The number of nitrogens with one attached hydrogen (secondary N) is 1. The second kappa shape index (κ2) is 9.16. The number of alkyl halides is 3. The number of ether oxygens (including phenoxy) is 1. The summed E-state index contributed by atoms with van der Waals surface area (Å²) in [4.78, 5) is 15.1. The summed E-state index contributed by atoms with van der Waals surface area (Å²) in [7, 11) is -4.35. The second-order valence-electron chi connectivity index (χ2n) is 8.61. The molecule has 34 heavy (non-hydrogen) atoms. The van der Waals surface area contributed by atoms with Crippen LogP contribution in [-0.2, 0) is 27.5 Å². The number of pyridine rings is 1. The Kier molecular flexibility index (Phi) is 6.58. The number of benzene rings is 2. The summed E-state index contributed by atoms with van der Waals surface area (Å²) in [6.45, 7) is 3.98. The summed E-state index contributed by atoms with van der Waals surface area (Å²) in [6.07, 6.45) is -3.69. The minimum atomic E-state index is -4.68. The Morgan fingerprint density at radius 3 is 2.53 bits per heavy atom. The molecular weight excluding hydrogens is 469 g/mol. The number of hydrogen-bond acceptors (Lipinski definition) is 4.